The highest BCUT2D eigenvalue weighted by atomic mass is 32.2. The molecule has 0 unspecified atom stereocenters. The molecule has 5 nitrogen and oxygen atoms in total. The molecule has 0 atom stereocenters. The molecule has 2 aromatic rings. The van der Waals surface area contributed by atoms with Crippen molar-refractivity contribution < 1.29 is 9.53 Å². The Hall–Kier alpha value is -1.82. The summed E-state index contributed by atoms with van der Waals surface area (Å²) in [5.74, 6) is 2.29. The Balaban J connectivity index is 1.86. The summed E-state index contributed by atoms with van der Waals surface area (Å²) in [6.07, 6.45) is 0.380. The quantitative estimate of drug-likeness (QED) is 0.673. The van der Waals surface area contributed by atoms with Gasteiger partial charge in [-0.05, 0) is 32.9 Å². The van der Waals surface area contributed by atoms with E-state index < -0.39 is 5.60 Å². The molecule has 1 aromatic heterocycles. The van der Waals surface area contributed by atoms with Gasteiger partial charge in [-0.1, -0.05) is 12.1 Å². The van der Waals surface area contributed by atoms with Crippen LogP contribution in [0.5, 0.6) is 0 Å². The summed E-state index contributed by atoms with van der Waals surface area (Å²) < 4.78 is 5.26. The number of anilines is 1. The van der Waals surface area contributed by atoms with Crippen molar-refractivity contribution in [3.63, 3.8) is 0 Å². The molecule has 1 heterocycles. The number of carbonyl (C=O) groups is 1. The zero-order valence-electron chi connectivity index (χ0n) is 13.1. The standard InChI is InChI=1S/C16H21N3O2S/c1-16(2,3)21-14(20)8-9-22-10-13-18-12-7-5-4-6-11(12)15(17)19-13/h4-7H,8-10H2,1-3H3,(H2,17,18,19). The maximum absolute atomic E-state index is 11.6. The molecule has 0 spiro atoms. The van der Waals surface area contributed by atoms with Gasteiger partial charge in [0.25, 0.3) is 0 Å². The van der Waals surface area contributed by atoms with E-state index in [1.807, 2.05) is 45.0 Å². The van der Waals surface area contributed by atoms with Gasteiger partial charge in [0.2, 0.25) is 0 Å². The van der Waals surface area contributed by atoms with E-state index in [0.29, 0.717) is 29.6 Å². The number of thioether (sulfide) groups is 1. The minimum absolute atomic E-state index is 0.182. The van der Waals surface area contributed by atoms with Gasteiger partial charge in [-0.3, -0.25) is 4.79 Å². The number of carbonyl (C=O) groups excluding carboxylic acids is 1. The van der Waals surface area contributed by atoms with E-state index in [2.05, 4.69) is 9.97 Å². The highest BCUT2D eigenvalue weighted by molar-refractivity contribution is 7.98. The van der Waals surface area contributed by atoms with Crippen LogP contribution in [0, 0.1) is 0 Å². The number of hydrogen-bond acceptors (Lipinski definition) is 6. The second kappa shape index (κ2) is 6.96. The molecule has 0 bridgehead atoms. The second-order valence-corrected chi connectivity index (χ2v) is 7.04. The number of hydrogen-bond donors (Lipinski definition) is 1. The third-order valence-corrected chi connectivity index (χ3v) is 3.74. The van der Waals surface area contributed by atoms with Crippen molar-refractivity contribution in [3.8, 4) is 0 Å². The first-order valence-corrected chi connectivity index (χ1v) is 8.31. The Labute approximate surface area is 134 Å². The molecule has 0 aliphatic rings. The van der Waals surface area contributed by atoms with Gasteiger partial charge in [0.1, 0.15) is 17.2 Å². The Morgan fingerprint density at radius 3 is 2.73 bits per heavy atom. The van der Waals surface area contributed by atoms with E-state index in [1.165, 1.54) is 0 Å². The van der Waals surface area contributed by atoms with Crippen LogP contribution >= 0.6 is 11.8 Å². The molecule has 6 heteroatoms. The maximum atomic E-state index is 11.6. The summed E-state index contributed by atoms with van der Waals surface area (Å²) in [6, 6.07) is 7.66. The number of aromatic nitrogens is 2. The van der Waals surface area contributed by atoms with Gasteiger partial charge < -0.3 is 10.5 Å². The molecular formula is C16H21N3O2S. The Bertz CT molecular complexity index is 668. The van der Waals surface area contributed by atoms with Crippen LogP contribution in [0.2, 0.25) is 0 Å². The van der Waals surface area contributed by atoms with Crippen molar-refractivity contribution >= 4 is 34.5 Å². The number of nitrogens with zero attached hydrogens (tertiary/aromatic N) is 2. The number of fused-ring (bicyclic) bond motifs is 1. The number of esters is 1. The fourth-order valence-electron chi connectivity index (χ4n) is 1.93. The average molecular weight is 319 g/mol. The monoisotopic (exact) mass is 319 g/mol. The van der Waals surface area contributed by atoms with Crippen LogP contribution < -0.4 is 5.73 Å². The van der Waals surface area contributed by atoms with Gasteiger partial charge in [0.05, 0.1) is 17.7 Å². The van der Waals surface area contributed by atoms with Crippen LogP contribution in [0.3, 0.4) is 0 Å². The SMILES string of the molecule is CC(C)(C)OC(=O)CCSCc1nc(N)c2ccccc2n1. The second-order valence-electron chi connectivity index (χ2n) is 5.93. The van der Waals surface area contributed by atoms with E-state index in [9.17, 15) is 4.79 Å². The largest absolute Gasteiger partial charge is 0.460 e. The average Bonchev–Trinajstić information content (AvgIpc) is 2.42. The zero-order valence-corrected chi connectivity index (χ0v) is 13.9. The number of benzene rings is 1. The van der Waals surface area contributed by atoms with Crippen molar-refractivity contribution in [1.82, 2.24) is 9.97 Å². The zero-order chi connectivity index (χ0) is 16.2. The van der Waals surface area contributed by atoms with Gasteiger partial charge in [-0.25, -0.2) is 9.97 Å². The number of nitrogens with two attached hydrogens (primary N) is 1. The van der Waals surface area contributed by atoms with E-state index in [1.54, 1.807) is 11.8 Å². The van der Waals surface area contributed by atoms with Gasteiger partial charge in [-0.15, -0.1) is 0 Å². The first-order valence-electron chi connectivity index (χ1n) is 7.16. The lowest BCUT2D eigenvalue weighted by Gasteiger charge is -2.19. The summed E-state index contributed by atoms with van der Waals surface area (Å²) in [4.78, 5) is 20.4. The molecular weight excluding hydrogens is 298 g/mol. The Morgan fingerprint density at radius 2 is 2.00 bits per heavy atom. The Kier molecular flexibility index (Phi) is 5.24. The topological polar surface area (TPSA) is 78.1 Å². The molecule has 22 heavy (non-hydrogen) atoms. The minimum Gasteiger partial charge on any atom is -0.460 e. The van der Waals surface area contributed by atoms with Crippen molar-refractivity contribution in [3.05, 3.63) is 30.1 Å². The summed E-state index contributed by atoms with van der Waals surface area (Å²) >= 11 is 1.60. The van der Waals surface area contributed by atoms with Crippen LogP contribution in [0.25, 0.3) is 10.9 Å². The highest BCUT2D eigenvalue weighted by Gasteiger charge is 2.15. The molecule has 0 fully saturated rings. The molecule has 0 radical (unpaired) electrons. The van der Waals surface area contributed by atoms with Crippen molar-refractivity contribution in [2.24, 2.45) is 0 Å². The molecule has 0 amide bonds. The molecule has 0 saturated carbocycles. The molecule has 1 aromatic carbocycles. The summed E-state index contributed by atoms with van der Waals surface area (Å²) in [5, 5.41) is 0.866. The number of rotatable bonds is 5. The van der Waals surface area contributed by atoms with Crippen molar-refractivity contribution in [2.75, 3.05) is 11.5 Å². The molecule has 0 aliphatic heterocycles. The van der Waals surface area contributed by atoms with E-state index >= 15 is 0 Å². The van der Waals surface area contributed by atoms with Crippen LogP contribution in [0.4, 0.5) is 5.82 Å². The maximum Gasteiger partial charge on any atom is 0.307 e. The summed E-state index contributed by atoms with van der Waals surface area (Å²) in [7, 11) is 0. The third kappa shape index (κ3) is 4.87. The van der Waals surface area contributed by atoms with Crippen LogP contribution in [0.1, 0.15) is 33.0 Å². The fourth-order valence-corrected chi connectivity index (χ4v) is 2.69. The molecule has 118 valence electrons. The summed E-state index contributed by atoms with van der Waals surface area (Å²) in [5.41, 5.74) is 6.36. The van der Waals surface area contributed by atoms with E-state index in [4.69, 9.17) is 10.5 Å². The summed E-state index contributed by atoms with van der Waals surface area (Å²) in [6.45, 7) is 5.59. The van der Waals surface area contributed by atoms with Crippen LogP contribution in [-0.2, 0) is 15.3 Å². The lowest BCUT2D eigenvalue weighted by molar-refractivity contribution is -0.154. The van der Waals surface area contributed by atoms with Gasteiger partial charge >= 0.3 is 5.97 Å². The molecule has 2 rings (SSSR count). The van der Waals surface area contributed by atoms with Gasteiger partial charge in [-0.2, -0.15) is 11.8 Å². The fraction of sp³-hybridized carbons (Fsp3) is 0.438. The first-order chi connectivity index (χ1) is 10.3. The van der Waals surface area contributed by atoms with Crippen molar-refractivity contribution in [2.45, 2.75) is 38.5 Å². The normalized spacial score (nSPS) is 11.6. The Morgan fingerprint density at radius 1 is 1.27 bits per heavy atom. The molecule has 0 aliphatic carbocycles. The lowest BCUT2D eigenvalue weighted by atomic mass is 10.2. The van der Waals surface area contributed by atoms with E-state index in [0.717, 1.165) is 10.9 Å². The lowest BCUT2D eigenvalue weighted by Crippen LogP contribution is -2.24. The third-order valence-electron chi connectivity index (χ3n) is 2.78. The first kappa shape index (κ1) is 16.5. The molecule has 0 saturated heterocycles. The van der Waals surface area contributed by atoms with Gasteiger partial charge in [0, 0.05) is 11.1 Å². The minimum atomic E-state index is -0.433. The van der Waals surface area contributed by atoms with Gasteiger partial charge in [0.15, 0.2) is 0 Å². The highest BCUT2D eigenvalue weighted by Crippen LogP contribution is 2.19. The van der Waals surface area contributed by atoms with Crippen molar-refractivity contribution in [1.29, 1.82) is 0 Å². The predicted molar refractivity (Wildman–Crippen MR) is 90.6 cm³/mol. The smallest absolute Gasteiger partial charge is 0.307 e. The van der Waals surface area contributed by atoms with E-state index in [-0.39, 0.29) is 5.97 Å². The number of para-hydroxylation sites is 1. The number of nitrogen functional groups attached to an aromatic ring is 1. The number of ether oxygens (including phenoxy) is 1. The van der Waals surface area contributed by atoms with Crippen LogP contribution in [-0.4, -0.2) is 27.3 Å². The van der Waals surface area contributed by atoms with Crippen LogP contribution in [0.15, 0.2) is 24.3 Å². The predicted octanol–water partition coefficient (Wildman–Crippen LogP) is 3.18. The molecule has 2 N–H and O–H groups in total.